The van der Waals surface area contributed by atoms with Gasteiger partial charge >= 0.3 is 0 Å². The molecule has 0 bridgehead atoms. The van der Waals surface area contributed by atoms with Gasteiger partial charge in [0.2, 0.25) is 11.8 Å². The van der Waals surface area contributed by atoms with Crippen molar-refractivity contribution in [1.82, 2.24) is 19.6 Å². The van der Waals surface area contributed by atoms with Crippen molar-refractivity contribution in [2.45, 2.75) is 19.9 Å². The van der Waals surface area contributed by atoms with E-state index in [4.69, 9.17) is 0 Å². The second-order valence-electron chi connectivity index (χ2n) is 7.24. The summed E-state index contributed by atoms with van der Waals surface area (Å²) in [4.78, 5) is 32.4. The molecule has 2 fully saturated rings. The Hall–Kier alpha value is -1.92. The summed E-state index contributed by atoms with van der Waals surface area (Å²) in [6.45, 7) is 10.3. The highest BCUT2D eigenvalue weighted by Gasteiger charge is 2.23. The lowest BCUT2D eigenvalue weighted by Crippen LogP contribution is -2.51. The molecule has 0 spiro atoms. The number of piperazine rings is 2. The largest absolute Gasteiger partial charge is 0.339 e. The molecule has 2 amide bonds. The fourth-order valence-electron chi connectivity index (χ4n) is 3.70. The van der Waals surface area contributed by atoms with Gasteiger partial charge in [-0.1, -0.05) is 30.3 Å². The average molecular weight is 358 g/mol. The minimum atomic E-state index is 0.102. The van der Waals surface area contributed by atoms with E-state index < -0.39 is 0 Å². The van der Waals surface area contributed by atoms with Gasteiger partial charge in [-0.2, -0.15) is 0 Å². The van der Waals surface area contributed by atoms with Gasteiger partial charge in [0.05, 0.1) is 0 Å². The highest BCUT2D eigenvalue weighted by molar-refractivity contribution is 5.77. The second-order valence-corrected chi connectivity index (χ2v) is 7.24. The molecule has 0 atom stereocenters. The third kappa shape index (κ3) is 5.29. The summed E-state index contributed by atoms with van der Waals surface area (Å²) in [6, 6.07) is 10.6. The number of nitrogens with zero attached hydrogens (tertiary/aromatic N) is 4. The Balaban J connectivity index is 1.33. The fraction of sp³-hybridized carbons (Fsp3) is 0.600. The van der Waals surface area contributed by atoms with Crippen LogP contribution >= 0.6 is 0 Å². The van der Waals surface area contributed by atoms with Crippen molar-refractivity contribution < 1.29 is 9.59 Å². The molecule has 0 aliphatic carbocycles. The van der Waals surface area contributed by atoms with Crippen molar-refractivity contribution in [2.75, 3.05) is 58.9 Å². The molecule has 142 valence electrons. The van der Waals surface area contributed by atoms with Gasteiger partial charge in [0.1, 0.15) is 0 Å². The predicted octanol–water partition coefficient (Wildman–Crippen LogP) is 0.885. The highest BCUT2D eigenvalue weighted by atomic mass is 16.2. The van der Waals surface area contributed by atoms with Crippen LogP contribution in [0.15, 0.2) is 30.3 Å². The molecule has 0 unspecified atom stereocenters. The molecule has 2 aliphatic rings. The molecule has 2 saturated heterocycles. The lowest BCUT2D eigenvalue weighted by Gasteiger charge is -2.36. The first-order chi connectivity index (χ1) is 12.6. The Kier molecular flexibility index (Phi) is 6.63. The summed E-state index contributed by atoms with van der Waals surface area (Å²) < 4.78 is 0. The van der Waals surface area contributed by atoms with Crippen LogP contribution in [0.1, 0.15) is 18.9 Å². The van der Waals surface area contributed by atoms with Crippen molar-refractivity contribution in [1.29, 1.82) is 0 Å². The smallest absolute Gasteiger partial charge is 0.223 e. The number of amides is 2. The second kappa shape index (κ2) is 9.14. The number of benzene rings is 1. The van der Waals surface area contributed by atoms with Gasteiger partial charge in [0.15, 0.2) is 0 Å². The van der Waals surface area contributed by atoms with Crippen molar-refractivity contribution >= 4 is 11.8 Å². The number of rotatable bonds is 5. The van der Waals surface area contributed by atoms with Gasteiger partial charge in [0, 0.05) is 78.8 Å². The summed E-state index contributed by atoms with van der Waals surface area (Å²) in [6.07, 6.45) is 0.582. The van der Waals surface area contributed by atoms with E-state index in [1.165, 1.54) is 5.56 Å². The molecule has 1 aromatic carbocycles. The summed E-state index contributed by atoms with van der Waals surface area (Å²) in [5.74, 6) is 0.324. The van der Waals surface area contributed by atoms with E-state index in [1.54, 1.807) is 6.92 Å². The molecular formula is C20H30N4O2. The normalized spacial score (nSPS) is 19.6. The van der Waals surface area contributed by atoms with E-state index in [2.05, 4.69) is 40.1 Å². The first-order valence-electron chi connectivity index (χ1n) is 9.64. The zero-order valence-corrected chi connectivity index (χ0v) is 15.8. The van der Waals surface area contributed by atoms with Crippen LogP contribution < -0.4 is 0 Å². The standard InChI is InChI=1S/C20H30N4O2/c1-18(25)23-13-15-24(16-14-23)20(26)7-8-21-9-11-22(12-10-21)17-19-5-3-2-4-6-19/h2-6H,7-17H2,1H3. The maximum absolute atomic E-state index is 12.4. The summed E-state index contributed by atoms with van der Waals surface area (Å²) in [5.41, 5.74) is 1.36. The molecule has 2 heterocycles. The Morgan fingerprint density at radius 2 is 1.38 bits per heavy atom. The van der Waals surface area contributed by atoms with Crippen LogP contribution in [0.2, 0.25) is 0 Å². The zero-order chi connectivity index (χ0) is 18.4. The first-order valence-corrected chi connectivity index (χ1v) is 9.64. The molecule has 3 rings (SSSR count). The Labute approximate surface area is 156 Å². The van der Waals surface area contributed by atoms with E-state index in [0.717, 1.165) is 39.3 Å². The molecule has 26 heavy (non-hydrogen) atoms. The number of carbonyl (C=O) groups is 2. The third-order valence-corrected chi connectivity index (χ3v) is 5.43. The van der Waals surface area contributed by atoms with Crippen LogP contribution in [0.5, 0.6) is 0 Å². The number of hydrogen-bond donors (Lipinski definition) is 0. The molecule has 0 radical (unpaired) electrons. The number of hydrogen-bond acceptors (Lipinski definition) is 4. The molecular weight excluding hydrogens is 328 g/mol. The molecule has 0 N–H and O–H groups in total. The van der Waals surface area contributed by atoms with Crippen LogP contribution in [0.25, 0.3) is 0 Å². The molecule has 6 heteroatoms. The highest BCUT2D eigenvalue weighted by Crippen LogP contribution is 2.10. The summed E-state index contributed by atoms with van der Waals surface area (Å²) in [7, 11) is 0. The minimum absolute atomic E-state index is 0.102. The van der Waals surface area contributed by atoms with Gasteiger partial charge < -0.3 is 14.7 Å². The van der Waals surface area contributed by atoms with Gasteiger partial charge in [-0.15, -0.1) is 0 Å². The van der Waals surface area contributed by atoms with Crippen molar-refractivity contribution in [2.24, 2.45) is 0 Å². The zero-order valence-electron chi connectivity index (χ0n) is 15.8. The topological polar surface area (TPSA) is 47.1 Å². The summed E-state index contributed by atoms with van der Waals surface area (Å²) >= 11 is 0. The molecule has 1 aromatic rings. The molecule has 6 nitrogen and oxygen atoms in total. The van der Waals surface area contributed by atoms with Crippen LogP contribution in [0.4, 0.5) is 0 Å². The molecule has 0 saturated carbocycles. The van der Waals surface area contributed by atoms with Crippen molar-refractivity contribution in [3.8, 4) is 0 Å². The van der Waals surface area contributed by atoms with Crippen molar-refractivity contribution in [3.63, 3.8) is 0 Å². The first kappa shape index (κ1) is 18.9. The van der Waals surface area contributed by atoms with E-state index in [1.807, 2.05) is 9.80 Å². The van der Waals surface area contributed by atoms with Gasteiger partial charge in [-0.3, -0.25) is 14.5 Å². The van der Waals surface area contributed by atoms with E-state index >= 15 is 0 Å². The Morgan fingerprint density at radius 3 is 2.00 bits per heavy atom. The Morgan fingerprint density at radius 1 is 0.808 bits per heavy atom. The fourth-order valence-corrected chi connectivity index (χ4v) is 3.70. The van der Waals surface area contributed by atoms with E-state index in [-0.39, 0.29) is 11.8 Å². The van der Waals surface area contributed by atoms with Crippen LogP contribution in [-0.4, -0.2) is 90.3 Å². The van der Waals surface area contributed by atoms with Crippen LogP contribution in [0, 0.1) is 0 Å². The summed E-state index contributed by atoms with van der Waals surface area (Å²) in [5, 5.41) is 0. The average Bonchev–Trinajstić information content (AvgIpc) is 2.68. The Bertz CT molecular complexity index is 591. The van der Waals surface area contributed by atoms with E-state index in [9.17, 15) is 9.59 Å². The van der Waals surface area contributed by atoms with Crippen LogP contribution in [0.3, 0.4) is 0 Å². The van der Waals surface area contributed by atoms with Crippen LogP contribution in [-0.2, 0) is 16.1 Å². The maximum Gasteiger partial charge on any atom is 0.223 e. The lowest BCUT2D eigenvalue weighted by atomic mass is 10.2. The molecule has 0 aromatic heterocycles. The van der Waals surface area contributed by atoms with E-state index in [0.29, 0.717) is 32.6 Å². The quantitative estimate of drug-likeness (QED) is 0.784. The SMILES string of the molecule is CC(=O)N1CCN(C(=O)CCN2CCN(Cc3ccccc3)CC2)CC1. The van der Waals surface area contributed by atoms with Crippen molar-refractivity contribution in [3.05, 3.63) is 35.9 Å². The maximum atomic E-state index is 12.4. The lowest BCUT2D eigenvalue weighted by molar-refractivity contribution is -0.138. The third-order valence-electron chi connectivity index (χ3n) is 5.43. The number of carbonyl (C=O) groups excluding carboxylic acids is 2. The van der Waals surface area contributed by atoms with Gasteiger partial charge in [-0.05, 0) is 5.56 Å². The van der Waals surface area contributed by atoms with Gasteiger partial charge in [0.25, 0.3) is 0 Å². The minimum Gasteiger partial charge on any atom is -0.339 e. The monoisotopic (exact) mass is 358 g/mol. The predicted molar refractivity (Wildman–Crippen MR) is 102 cm³/mol. The molecule has 2 aliphatic heterocycles. The van der Waals surface area contributed by atoms with Gasteiger partial charge in [-0.25, -0.2) is 0 Å².